The van der Waals surface area contributed by atoms with Crippen molar-refractivity contribution >= 4 is 15.9 Å². The van der Waals surface area contributed by atoms with E-state index in [9.17, 15) is 0 Å². The molecule has 0 aliphatic carbocycles. The van der Waals surface area contributed by atoms with Gasteiger partial charge in [0.15, 0.2) is 0 Å². The minimum atomic E-state index is 0.243. The lowest BCUT2D eigenvalue weighted by Crippen LogP contribution is -2.08. The molecule has 0 aliphatic heterocycles. The third kappa shape index (κ3) is 4.56. The quantitative estimate of drug-likeness (QED) is 0.695. The summed E-state index contributed by atoms with van der Waals surface area (Å²) in [5, 5.41) is 0. The Labute approximate surface area is 107 Å². The summed E-state index contributed by atoms with van der Waals surface area (Å²) >= 11 is 3.67. The molecule has 0 aromatic heterocycles. The number of para-hydroxylation sites is 1. The van der Waals surface area contributed by atoms with E-state index in [0.29, 0.717) is 4.83 Å². The van der Waals surface area contributed by atoms with Gasteiger partial charge in [0.2, 0.25) is 0 Å². The number of hydrogen-bond acceptors (Lipinski definition) is 1. The lowest BCUT2D eigenvalue weighted by atomic mass is 10.1. The number of aryl methyl sites for hydroxylation is 1. The molecule has 16 heavy (non-hydrogen) atoms. The fraction of sp³-hybridized carbons (Fsp3) is 0.571. The van der Waals surface area contributed by atoms with E-state index in [-0.39, 0.29) is 6.10 Å². The smallest absolute Gasteiger partial charge is 0.122 e. The highest BCUT2D eigenvalue weighted by molar-refractivity contribution is 9.09. The van der Waals surface area contributed by atoms with Gasteiger partial charge in [-0.25, -0.2) is 0 Å². The third-order valence-corrected chi connectivity index (χ3v) is 3.61. The van der Waals surface area contributed by atoms with E-state index in [0.717, 1.165) is 18.6 Å². The third-order valence-electron chi connectivity index (χ3n) is 2.51. The molecule has 2 heteroatoms. The van der Waals surface area contributed by atoms with Crippen LogP contribution in [0.4, 0.5) is 0 Å². The largest absolute Gasteiger partial charge is 0.491 e. The molecular formula is C14H21BrO. The van der Waals surface area contributed by atoms with Gasteiger partial charge in [-0.3, -0.25) is 0 Å². The molecule has 0 bridgehead atoms. The Morgan fingerprint density at radius 1 is 1.25 bits per heavy atom. The van der Waals surface area contributed by atoms with Crippen LogP contribution in [0.5, 0.6) is 5.75 Å². The lowest BCUT2D eigenvalue weighted by molar-refractivity contribution is 0.240. The maximum absolute atomic E-state index is 5.80. The molecule has 1 aromatic carbocycles. The van der Waals surface area contributed by atoms with E-state index in [4.69, 9.17) is 4.74 Å². The maximum Gasteiger partial charge on any atom is 0.122 e. The molecule has 0 fully saturated rings. The summed E-state index contributed by atoms with van der Waals surface area (Å²) in [5.41, 5.74) is 1.31. The summed E-state index contributed by atoms with van der Waals surface area (Å²) in [4.78, 5) is 0.611. The van der Waals surface area contributed by atoms with E-state index in [1.807, 2.05) is 6.07 Å². The molecule has 1 aromatic rings. The minimum Gasteiger partial charge on any atom is -0.491 e. The molecule has 90 valence electrons. The van der Waals surface area contributed by atoms with Crippen molar-refractivity contribution in [1.82, 2.24) is 0 Å². The first-order valence-electron chi connectivity index (χ1n) is 6.02. The first-order valence-corrected chi connectivity index (χ1v) is 6.93. The van der Waals surface area contributed by atoms with Crippen molar-refractivity contribution in [2.24, 2.45) is 0 Å². The summed E-state index contributed by atoms with van der Waals surface area (Å²) < 4.78 is 5.80. The van der Waals surface area contributed by atoms with E-state index < -0.39 is 0 Å². The van der Waals surface area contributed by atoms with Crippen LogP contribution in [0.3, 0.4) is 0 Å². The summed E-state index contributed by atoms with van der Waals surface area (Å²) in [5.74, 6) is 1.04. The highest BCUT2D eigenvalue weighted by Gasteiger charge is 2.07. The Hall–Kier alpha value is -0.500. The van der Waals surface area contributed by atoms with Gasteiger partial charge in [0.05, 0.1) is 6.10 Å². The first kappa shape index (κ1) is 13.6. The van der Waals surface area contributed by atoms with E-state index in [2.05, 4.69) is 54.9 Å². The molecule has 0 heterocycles. The number of rotatable bonds is 6. The molecule has 0 radical (unpaired) electrons. The van der Waals surface area contributed by atoms with Crippen LogP contribution in [-0.4, -0.2) is 10.9 Å². The van der Waals surface area contributed by atoms with Crippen molar-refractivity contribution < 1.29 is 4.74 Å². The van der Waals surface area contributed by atoms with Crippen molar-refractivity contribution in [3.05, 3.63) is 29.8 Å². The Morgan fingerprint density at radius 3 is 2.56 bits per heavy atom. The summed E-state index contributed by atoms with van der Waals surface area (Å²) in [6, 6.07) is 8.34. The topological polar surface area (TPSA) is 9.23 Å². The normalized spacial score (nSPS) is 12.8. The molecule has 0 amide bonds. The van der Waals surface area contributed by atoms with Crippen molar-refractivity contribution in [2.75, 3.05) is 0 Å². The standard InChI is InChI=1S/C14H21BrO/c1-4-13(15)10-9-12-7-5-6-8-14(12)16-11(2)3/h5-8,11,13H,4,9-10H2,1-3H3. The second-order valence-electron chi connectivity index (χ2n) is 4.32. The SMILES string of the molecule is CCC(Br)CCc1ccccc1OC(C)C. The van der Waals surface area contributed by atoms with Crippen molar-refractivity contribution in [3.8, 4) is 5.75 Å². The van der Waals surface area contributed by atoms with Gasteiger partial charge < -0.3 is 4.74 Å². The van der Waals surface area contributed by atoms with Gasteiger partial charge in [-0.05, 0) is 44.7 Å². The number of halogens is 1. The molecule has 0 saturated heterocycles. The zero-order chi connectivity index (χ0) is 12.0. The molecule has 1 rings (SSSR count). The Morgan fingerprint density at radius 2 is 1.94 bits per heavy atom. The predicted molar refractivity (Wildman–Crippen MR) is 73.5 cm³/mol. The highest BCUT2D eigenvalue weighted by Crippen LogP contribution is 2.23. The number of benzene rings is 1. The van der Waals surface area contributed by atoms with Crippen LogP contribution in [0.2, 0.25) is 0 Å². The van der Waals surface area contributed by atoms with Crippen LogP contribution in [0.25, 0.3) is 0 Å². The van der Waals surface area contributed by atoms with E-state index >= 15 is 0 Å². The van der Waals surface area contributed by atoms with Crippen LogP contribution < -0.4 is 4.74 Å². The van der Waals surface area contributed by atoms with Crippen LogP contribution in [0.15, 0.2) is 24.3 Å². The monoisotopic (exact) mass is 284 g/mol. The first-order chi connectivity index (χ1) is 7.63. The van der Waals surface area contributed by atoms with Crippen molar-refractivity contribution in [3.63, 3.8) is 0 Å². The second-order valence-corrected chi connectivity index (χ2v) is 5.61. The molecule has 1 atom stereocenters. The molecule has 0 saturated carbocycles. The van der Waals surface area contributed by atoms with Gasteiger partial charge in [-0.2, -0.15) is 0 Å². The fourth-order valence-electron chi connectivity index (χ4n) is 1.60. The summed E-state index contributed by atoms with van der Waals surface area (Å²) in [6.07, 6.45) is 3.65. The number of hydrogen-bond donors (Lipinski definition) is 0. The molecule has 0 aliphatic rings. The average Bonchev–Trinajstić information content (AvgIpc) is 2.26. The van der Waals surface area contributed by atoms with Gasteiger partial charge in [-0.15, -0.1) is 0 Å². The van der Waals surface area contributed by atoms with E-state index in [1.165, 1.54) is 12.0 Å². The van der Waals surface area contributed by atoms with Crippen LogP contribution in [0, 0.1) is 0 Å². The maximum atomic E-state index is 5.80. The van der Waals surface area contributed by atoms with Crippen LogP contribution in [0.1, 0.15) is 39.2 Å². The van der Waals surface area contributed by atoms with E-state index in [1.54, 1.807) is 0 Å². The molecule has 1 unspecified atom stereocenters. The Bertz CT molecular complexity index is 309. The number of ether oxygens (including phenoxy) is 1. The Balaban J connectivity index is 2.63. The van der Waals surface area contributed by atoms with Crippen LogP contribution >= 0.6 is 15.9 Å². The van der Waals surface area contributed by atoms with Crippen molar-refractivity contribution in [2.45, 2.75) is 51.0 Å². The fourth-order valence-corrected chi connectivity index (χ4v) is 1.82. The molecule has 0 N–H and O–H groups in total. The molecule has 1 nitrogen and oxygen atoms in total. The van der Waals surface area contributed by atoms with Crippen LogP contribution in [-0.2, 0) is 6.42 Å². The van der Waals surface area contributed by atoms with Gasteiger partial charge in [-0.1, -0.05) is 41.1 Å². The molecule has 0 spiro atoms. The molecular weight excluding hydrogens is 264 g/mol. The second kappa shape index (κ2) is 6.95. The highest BCUT2D eigenvalue weighted by atomic mass is 79.9. The summed E-state index contributed by atoms with van der Waals surface area (Å²) in [6.45, 7) is 6.34. The lowest BCUT2D eigenvalue weighted by Gasteiger charge is -2.15. The number of alkyl halides is 1. The minimum absolute atomic E-state index is 0.243. The average molecular weight is 285 g/mol. The van der Waals surface area contributed by atoms with Gasteiger partial charge in [0.25, 0.3) is 0 Å². The van der Waals surface area contributed by atoms with Gasteiger partial charge in [0.1, 0.15) is 5.75 Å². The summed E-state index contributed by atoms with van der Waals surface area (Å²) in [7, 11) is 0. The van der Waals surface area contributed by atoms with Crippen molar-refractivity contribution in [1.29, 1.82) is 0 Å². The zero-order valence-corrected chi connectivity index (χ0v) is 12.0. The zero-order valence-electron chi connectivity index (χ0n) is 10.4. The van der Waals surface area contributed by atoms with Gasteiger partial charge >= 0.3 is 0 Å². The Kier molecular flexibility index (Phi) is 5.89. The predicted octanol–water partition coefficient (Wildman–Crippen LogP) is 4.58. The van der Waals surface area contributed by atoms with Gasteiger partial charge in [0, 0.05) is 4.83 Å².